The molecule has 5 heteroatoms. The average Bonchev–Trinajstić information content (AvgIpc) is 2.15. The highest BCUT2D eigenvalue weighted by molar-refractivity contribution is 8.13. The Bertz CT molecular complexity index is 182. The van der Waals surface area contributed by atoms with Crippen molar-refractivity contribution in [1.82, 2.24) is 10.2 Å². The quantitative estimate of drug-likeness (QED) is 0.390. The number of nitrogens with one attached hydrogen (secondary N) is 1. The van der Waals surface area contributed by atoms with Crippen molar-refractivity contribution < 1.29 is 0 Å². The van der Waals surface area contributed by atoms with E-state index in [0.29, 0.717) is 0 Å². The molecular weight excluding hydrogens is 196 g/mol. The first-order chi connectivity index (χ1) is 6.70. The molecule has 0 unspecified atom stereocenters. The third kappa shape index (κ3) is 8.22. The first-order valence-electron chi connectivity index (χ1n) is 4.67. The molecule has 0 aromatic rings. The lowest BCUT2D eigenvalue weighted by molar-refractivity contribution is 0.356. The van der Waals surface area contributed by atoms with E-state index in [4.69, 9.17) is 0 Å². The zero-order valence-corrected chi connectivity index (χ0v) is 10.1. The summed E-state index contributed by atoms with van der Waals surface area (Å²) in [5.74, 6) is 1.05. The maximum Gasteiger partial charge on any atom is 0.0927 e. The molecule has 0 aliphatic heterocycles. The molecule has 0 bridgehead atoms. The maximum absolute atomic E-state index is 3.85. The fraction of sp³-hybridized carbons (Fsp3) is 0.778. The molecule has 4 nitrogen and oxygen atoms in total. The Kier molecular flexibility index (Phi) is 8.92. The molecule has 82 valence electrons. The van der Waals surface area contributed by atoms with Crippen LogP contribution in [0.1, 0.15) is 6.92 Å². The van der Waals surface area contributed by atoms with E-state index >= 15 is 0 Å². The van der Waals surface area contributed by atoms with Gasteiger partial charge in [0.1, 0.15) is 0 Å². The van der Waals surface area contributed by atoms with Crippen LogP contribution in [0.25, 0.3) is 0 Å². The molecule has 0 fully saturated rings. The SMILES string of the molecule is C=N/N=C(/C)SCCN(C)CCNC. The zero-order valence-electron chi connectivity index (χ0n) is 9.29. The van der Waals surface area contributed by atoms with Gasteiger partial charge in [0.2, 0.25) is 0 Å². The Balaban J connectivity index is 3.43. The molecule has 0 saturated heterocycles. The largest absolute Gasteiger partial charge is 0.318 e. The van der Waals surface area contributed by atoms with Crippen molar-refractivity contribution in [2.24, 2.45) is 10.2 Å². The Labute approximate surface area is 90.9 Å². The third-order valence-corrected chi connectivity index (χ3v) is 2.63. The van der Waals surface area contributed by atoms with Crippen molar-refractivity contribution in [1.29, 1.82) is 0 Å². The van der Waals surface area contributed by atoms with Crippen LogP contribution in [0.4, 0.5) is 0 Å². The van der Waals surface area contributed by atoms with E-state index < -0.39 is 0 Å². The lowest BCUT2D eigenvalue weighted by atomic mass is 10.5. The van der Waals surface area contributed by atoms with E-state index in [2.05, 4.69) is 34.2 Å². The van der Waals surface area contributed by atoms with Gasteiger partial charge in [0.25, 0.3) is 0 Å². The molecule has 0 aliphatic rings. The van der Waals surface area contributed by atoms with Gasteiger partial charge in [0.05, 0.1) is 5.04 Å². The molecule has 0 radical (unpaired) electrons. The van der Waals surface area contributed by atoms with E-state index in [1.54, 1.807) is 11.8 Å². The number of hydrogen-bond acceptors (Lipinski definition) is 5. The van der Waals surface area contributed by atoms with Crippen molar-refractivity contribution in [2.45, 2.75) is 6.92 Å². The van der Waals surface area contributed by atoms with Crippen LogP contribution in [0.3, 0.4) is 0 Å². The number of likely N-dealkylation sites (N-methyl/N-ethyl adjacent to an activating group) is 2. The predicted octanol–water partition coefficient (Wildman–Crippen LogP) is 0.905. The highest BCUT2D eigenvalue weighted by atomic mass is 32.2. The highest BCUT2D eigenvalue weighted by Crippen LogP contribution is 2.03. The molecule has 0 aromatic heterocycles. The molecular formula is C9H20N4S. The van der Waals surface area contributed by atoms with E-state index in [1.165, 1.54) is 0 Å². The minimum Gasteiger partial charge on any atom is -0.318 e. The van der Waals surface area contributed by atoms with Crippen molar-refractivity contribution in [3.05, 3.63) is 0 Å². The fourth-order valence-corrected chi connectivity index (χ4v) is 1.71. The van der Waals surface area contributed by atoms with E-state index in [-0.39, 0.29) is 0 Å². The van der Waals surface area contributed by atoms with Gasteiger partial charge in [-0.05, 0) is 21.0 Å². The van der Waals surface area contributed by atoms with E-state index in [0.717, 1.165) is 30.4 Å². The molecule has 0 atom stereocenters. The lowest BCUT2D eigenvalue weighted by Gasteiger charge is -2.15. The average molecular weight is 216 g/mol. The van der Waals surface area contributed by atoms with E-state index in [9.17, 15) is 0 Å². The van der Waals surface area contributed by atoms with Gasteiger partial charge in [0.15, 0.2) is 0 Å². The molecule has 0 spiro atoms. The van der Waals surface area contributed by atoms with Crippen LogP contribution in [-0.4, -0.2) is 56.1 Å². The lowest BCUT2D eigenvalue weighted by Crippen LogP contribution is -2.29. The summed E-state index contributed by atoms with van der Waals surface area (Å²) < 4.78 is 0. The summed E-state index contributed by atoms with van der Waals surface area (Å²) in [6, 6.07) is 0. The first kappa shape index (κ1) is 13.6. The van der Waals surface area contributed by atoms with Crippen LogP contribution in [0.2, 0.25) is 0 Å². The van der Waals surface area contributed by atoms with Crippen molar-refractivity contribution in [3.63, 3.8) is 0 Å². The zero-order chi connectivity index (χ0) is 10.8. The summed E-state index contributed by atoms with van der Waals surface area (Å²) >= 11 is 1.72. The molecule has 0 aromatic carbocycles. The molecule has 0 aliphatic carbocycles. The minimum absolute atomic E-state index is 0.974. The molecule has 0 rings (SSSR count). The summed E-state index contributed by atoms with van der Waals surface area (Å²) in [5, 5.41) is 11.4. The van der Waals surface area contributed by atoms with Gasteiger partial charge in [-0.25, -0.2) is 0 Å². The molecule has 1 N–H and O–H groups in total. The molecule has 0 heterocycles. The third-order valence-electron chi connectivity index (χ3n) is 1.74. The van der Waals surface area contributed by atoms with E-state index in [1.807, 2.05) is 14.0 Å². The highest BCUT2D eigenvalue weighted by Gasteiger charge is 1.98. The maximum atomic E-state index is 3.85. The number of nitrogens with zero attached hydrogens (tertiary/aromatic N) is 3. The van der Waals surface area contributed by atoms with Gasteiger partial charge in [-0.1, -0.05) is 0 Å². The Hall–Kier alpha value is -0.390. The Morgan fingerprint density at radius 3 is 2.79 bits per heavy atom. The van der Waals surface area contributed by atoms with Crippen LogP contribution in [-0.2, 0) is 0 Å². The topological polar surface area (TPSA) is 40.0 Å². The first-order valence-corrected chi connectivity index (χ1v) is 5.65. The molecule has 0 amide bonds. The van der Waals surface area contributed by atoms with Crippen molar-refractivity contribution in [3.8, 4) is 0 Å². The summed E-state index contributed by atoms with van der Waals surface area (Å²) in [5.41, 5.74) is 0. The number of thioether (sulfide) groups is 1. The van der Waals surface area contributed by atoms with Gasteiger partial charge in [-0.15, -0.1) is 16.9 Å². The predicted molar refractivity (Wildman–Crippen MR) is 66.5 cm³/mol. The number of rotatable bonds is 7. The van der Waals surface area contributed by atoms with Gasteiger partial charge >= 0.3 is 0 Å². The number of hydrogen-bond donors (Lipinski definition) is 1. The van der Waals surface area contributed by atoms with Crippen molar-refractivity contribution in [2.75, 3.05) is 39.5 Å². The van der Waals surface area contributed by atoms with Crippen LogP contribution >= 0.6 is 11.8 Å². The second-order valence-corrected chi connectivity index (χ2v) is 4.30. The standard InChI is InChI=1S/C9H20N4S/c1-9(12-11-3)14-8-7-13(4)6-5-10-2/h10H,3,5-8H2,1-2,4H3/b12-9-. The second-order valence-electron chi connectivity index (χ2n) is 3.02. The van der Waals surface area contributed by atoms with Crippen LogP contribution < -0.4 is 5.32 Å². The fourth-order valence-electron chi connectivity index (χ4n) is 0.892. The van der Waals surface area contributed by atoms with Gasteiger partial charge in [-0.3, -0.25) is 0 Å². The molecule has 14 heavy (non-hydrogen) atoms. The van der Waals surface area contributed by atoms with Gasteiger partial charge in [0, 0.05) is 32.1 Å². The van der Waals surface area contributed by atoms with Crippen LogP contribution in [0, 0.1) is 0 Å². The summed E-state index contributed by atoms with van der Waals surface area (Å²) in [7, 11) is 4.09. The van der Waals surface area contributed by atoms with Gasteiger partial charge < -0.3 is 10.2 Å². The second kappa shape index (κ2) is 9.18. The van der Waals surface area contributed by atoms with Crippen LogP contribution in [0.5, 0.6) is 0 Å². The summed E-state index contributed by atoms with van der Waals surface area (Å²) in [6.45, 7) is 8.44. The normalized spacial score (nSPS) is 12.1. The smallest absolute Gasteiger partial charge is 0.0927 e. The Morgan fingerprint density at radius 2 is 2.21 bits per heavy atom. The van der Waals surface area contributed by atoms with Crippen molar-refractivity contribution >= 4 is 23.5 Å². The van der Waals surface area contributed by atoms with Crippen LogP contribution in [0.15, 0.2) is 10.2 Å². The summed E-state index contributed by atoms with van der Waals surface area (Å²) in [6.07, 6.45) is 0. The monoisotopic (exact) mass is 216 g/mol. The molecule has 0 saturated carbocycles. The minimum atomic E-state index is 0.974. The Morgan fingerprint density at radius 1 is 1.50 bits per heavy atom. The van der Waals surface area contributed by atoms with Gasteiger partial charge in [-0.2, -0.15) is 5.10 Å². The summed E-state index contributed by atoms with van der Waals surface area (Å²) in [4.78, 5) is 2.29.